The van der Waals surface area contributed by atoms with E-state index in [1.165, 1.54) is 7.11 Å². The number of methoxy groups -OCH3 is 3. The lowest BCUT2D eigenvalue weighted by molar-refractivity contribution is -0.145. The van der Waals surface area contributed by atoms with Crippen LogP contribution in [-0.4, -0.2) is 33.1 Å². The average molecular weight is 355 g/mol. The Morgan fingerprint density at radius 2 is 1.65 bits per heavy atom. The maximum atomic E-state index is 12.8. The topological polar surface area (TPSA) is 73.9 Å². The Balaban J connectivity index is 2.05. The Kier molecular flexibility index (Phi) is 5.11. The van der Waals surface area contributed by atoms with E-state index in [0.717, 1.165) is 11.3 Å². The summed E-state index contributed by atoms with van der Waals surface area (Å²) in [5, 5.41) is 3.34. The van der Waals surface area contributed by atoms with Gasteiger partial charge in [0, 0.05) is 17.7 Å². The van der Waals surface area contributed by atoms with Crippen molar-refractivity contribution in [2.75, 3.05) is 26.6 Å². The molecule has 0 saturated carbocycles. The molecule has 0 saturated heterocycles. The first-order valence-corrected chi connectivity index (χ1v) is 8.27. The predicted molar refractivity (Wildman–Crippen MR) is 96.8 cm³/mol. The molecule has 1 heterocycles. The van der Waals surface area contributed by atoms with Crippen molar-refractivity contribution in [3.63, 3.8) is 0 Å². The lowest BCUT2D eigenvalue weighted by atomic mass is 9.89. The van der Waals surface area contributed by atoms with E-state index >= 15 is 0 Å². The van der Waals surface area contributed by atoms with Gasteiger partial charge in [-0.1, -0.05) is 12.1 Å². The molecule has 1 aliphatic heterocycles. The van der Waals surface area contributed by atoms with Gasteiger partial charge in [-0.05, 0) is 35.9 Å². The molecule has 1 N–H and O–H groups in total. The van der Waals surface area contributed by atoms with Gasteiger partial charge in [-0.3, -0.25) is 9.59 Å². The molecule has 136 valence electrons. The van der Waals surface area contributed by atoms with Gasteiger partial charge in [-0.25, -0.2) is 0 Å². The number of anilines is 1. The number of hydrogen-bond donors (Lipinski definition) is 1. The minimum Gasteiger partial charge on any atom is -0.497 e. The van der Waals surface area contributed by atoms with Crippen molar-refractivity contribution in [2.45, 2.75) is 12.5 Å². The summed E-state index contributed by atoms with van der Waals surface area (Å²) in [6.07, 6.45) is 0.0521. The van der Waals surface area contributed by atoms with E-state index in [2.05, 4.69) is 5.32 Å². The Morgan fingerprint density at radius 3 is 2.27 bits per heavy atom. The average Bonchev–Trinajstić information content (AvgIpc) is 2.83. The van der Waals surface area contributed by atoms with Gasteiger partial charge in [-0.2, -0.15) is 0 Å². The van der Waals surface area contributed by atoms with E-state index in [-0.39, 0.29) is 12.2 Å². The Bertz CT molecular complexity index is 815. The van der Waals surface area contributed by atoms with Gasteiger partial charge in [-0.15, -0.1) is 0 Å². The first-order chi connectivity index (χ1) is 12.6. The van der Waals surface area contributed by atoms with Gasteiger partial charge in [0.1, 0.15) is 11.5 Å². The van der Waals surface area contributed by atoms with E-state index in [0.29, 0.717) is 17.0 Å². The SMILES string of the molecule is COC(=O)[C@@H]1CC(=O)c2cc(OC)ccc2N[C@H]1c1ccc(OC)cc1. The van der Waals surface area contributed by atoms with Gasteiger partial charge in [0.2, 0.25) is 0 Å². The number of ketones is 1. The van der Waals surface area contributed by atoms with E-state index in [9.17, 15) is 9.59 Å². The monoisotopic (exact) mass is 355 g/mol. The molecule has 2 aromatic carbocycles. The zero-order valence-electron chi connectivity index (χ0n) is 14.9. The quantitative estimate of drug-likeness (QED) is 0.849. The molecule has 0 bridgehead atoms. The highest BCUT2D eigenvalue weighted by atomic mass is 16.5. The smallest absolute Gasteiger partial charge is 0.311 e. The van der Waals surface area contributed by atoms with Crippen LogP contribution < -0.4 is 14.8 Å². The first kappa shape index (κ1) is 17.8. The normalized spacial score (nSPS) is 19.0. The van der Waals surface area contributed by atoms with Crippen molar-refractivity contribution in [1.29, 1.82) is 0 Å². The largest absolute Gasteiger partial charge is 0.497 e. The van der Waals surface area contributed by atoms with Crippen LogP contribution in [0.15, 0.2) is 42.5 Å². The lowest BCUT2D eigenvalue weighted by Crippen LogP contribution is -2.28. The third-order valence-corrected chi connectivity index (χ3v) is 4.62. The van der Waals surface area contributed by atoms with Crippen LogP contribution in [0.1, 0.15) is 28.4 Å². The molecule has 0 aromatic heterocycles. The summed E-state index contributed by atoms with van der Waals surface area (Å²) in [5.74, 6) is 0.123. The van der Waals surface area contributed by atoms with Gasteiger partial charge in [0.05, 0.1) is 33.3 Å². The van der Waals surface area contributed by atoms with Crippen molar-refractivity contribution in [3.8, 4) is 11.5 Å². The third kappa shape index (κ3) is 3.35. The minimum atomic E-state index is -0.640. The molecule has 0 aliphatic carbocycles. The van der Waals surface area contributed by atoms with Gasteiger partial charge in [0.15, 0.2) is 5.78 Å². The van der Waals surface area contributed by atoms with Gasteiger partial charge in [0.25, 0.3) is 0 Å². The van der Waals surface area contributed by atoms with Crippen LogP contribution in [-0.2, 0) is 9.53 Å². The summed E-state index contributed by atoms with van der Waals surface area (Å²) in [6.45, 7) is 0. The van der Waals surface area contributed by atoms with Crippen LogP contribution in [0.3, 0.4) is 0 Å². The maximum absolute atomic E-state index is 12.8. The van der Waals surface area contributed by atoms with Crippen LogP contribution >= 0.6 is 0 Å². The summed E-state index contributed by atoms with van der Waals surface area (Å²) in [6, 6.07) is 12.3. The number of hydrogen-bond acceptors (Lipinski definition) is 6. The highest BCUT2D eigenvalue weighted by Crippen LogP contribution is 2.37. The molecule has 0 fully saturated rings. The maximum Gasteiger partial charge on any atom is 0.311 e. The lowest BCUT2D eigenvalue weighted by Gasteiger charge is -2.25. The second-order valence-corrected chi connectivity index (χ2v) is 6.06. The zero-order chi connectivity index (χ0) is 18.7. The number of Topliss-reactive ketones (excluding diaryl/α,β-unsaturated/α-hetero) is 1. The molecule has 2 atom stereocenters. The highest BCUT2D eigenvalue weighted by Gasteiger charge is 2.36. The van der Waals surface area contributed by atoms with E-state index in [1.54, 1.807) is 32.4 Å². The fourth-order valence-corrected chi connectivity index (χ4v) is 3.20. The summed E-state index contributed by atoms with van der Waals surface area (Å²) in [7, 11) is 4.48. The molecule has 0 amide bonds. The number of rotatable bonds is 4. The van der Waals surface area contributed by atoms with Gasteiger partial charge < -0.3 is 19.5 Å². The fourth-order valence-electron chi connectivity index (χ4n) is 3.20. The second-order valence-electron chi connectivity index (χ2n) is 6.06. The molecular formula is C20H21NO5. The first-order valence-electron chi connectivity index (χ1n) is 8.27. The summed E-state index contributed by atoms with van der Waals surface area (Å²) in [4.78, 5) is 25.1. The molecule has 6 heteroatoms. The van der Waals surface area contributed by atoms with Crippen LogP contribution in [0, 0.1) is 5.92 Å². The zero-order valence-corrected chi connectivity index (χ0v) is 14.9. The molecule has 0 spiro atoms. The van der Waals surface area contributed by atoms with Crippen molar-refractivity contribution in [3.05, 3.63) is 53.6 Å². The molecule has 3 rings (SSSR count). The number of esters is 1. The second kappa shape index (κ2) is 7.47. The van der Waals surface area contributed by atoms with E-state index in [4.69, 9.17) is 14.2 Å². The molecule has 1 aliphatic rings. The number of ether oxygens (including phenoxy) is 3. The standard InChI is InChI=1S/C20H21NO5/c1-24-13-6-4-12(5-7-13)19-16(20(23)26-3)11-18(22)15-10-14(25-2)8-9-17(15)21-19/h4-10,16,19,21H,11H2,1-3H3/t16-,19+/m1/s1. The predicted octanol–water partition coefficient (Wildman–Crippen LogP) is 3.23. The summed E-state index contributed by atoms with van der Waals surface area (Å²) >= 11 is 0. The molecule has 0 unspecified atom stereocenters. The van der Waals surface area contributed by atoms with Crippen molar-refractivity contribution in [1.82, 2.24) is 0 Å². The number of carbonyl (C=O) groups excluding carboxylic acids is 2. The van der Waals surface area contributed by atoms with Crippen LogP contribution in [0.25, 0.3) is 0 Å². The number of carbonyl (C=O) groups is 2. The Morgan fingerprint density at radius 1 is 1.00 bits per heavy atom. The van der Waals surface area contributed by atoms with Crippen molar-refractivity contribution < 1.29 is 23.8 Å². The van der Waals surface area contributed by atoms with Crippen LogP contribution in [0.2, 0.25) is 0 Å². The molecule has 0 radical (unpaired) electrons. The molecule has 6 nitrogen and oxygen atoms in total. The Hall–Kier alpha value is -3.02. The minimum absolute atomic E-state index is 0.0521. The van der Waals surface area contributed by atoms with Crippen LogP contribution in [0.5, 0.6) is 11.5 Å². The fraction of sp³-hybridized carbons (Fsp3) is 0.300. The highest BCUT2D eigenvalue weighted by molar-refractivity contribution is 6.04. The van der Waals surface area contributed by atoms with E-state index < -0.39 is 17.9 Å². The Labute approximate surface area is 152 Å². The number of benzene rings is 2. The van der Waals surface area contributed by atoms with Crippen molar-refractivity contribution >= 4 is 17.4 Å². The number of nitrogens with one attached hydrogen (secondary N) is 1. The summed E-state index contributed by atoms with van der Waals surface area (Å²) < 4.78 is 15.4. The third-order valence-electron chi connectivity index (χ3n) is 4.62. The van der Waals surface area contributed by atoms with Crippen LogP contribution in [0.4, 0.5) is 5.69 Å². The van der Waals surface area contributed by atoms with E-state index in [1.807, 2.05) is 24.3 Å². The molecule has 26 heavy (non-hydrogen) atoms. The summed E-state index contributed by atoms with van der Waals surface area (Å²) in [5.41, 5.74) is 2.05. The molecule has 2 aromatic rings. The van der Waals surface area contributed by atoms with Crippen molar-refractivity contribution in [2.24, 2.45) is 5.92 Å². The number of fused-ring (bicyclic) bond motifs is 1. The molecular weight excluding hydrogens is 334 g/mol. The van der Waals surface area contributed by atoms with Gasteiger partial charge >= 0.3 is 5.97 Å².